The molecule has 0 saturated heterocycles. The summed E-state index contributed by atoms with van der Waals surface area (Å²) in [7, 11) is 0. The van der Waals surface area contributed by atoms with Crippen molar-refractivity contribution >= 4 is 17.9 Å². The second-order valence-electron chi connectivity index (χ2n) is 9.81. The highest BCUT2D eigenvalue weighted by molar-refractivity contribution is 5.91. The molecule has 3 rings (SSSR count). The first kappa shape index (κ1) is 28.4. The first-order chi connectivity index (χ1) is 18.2. The summed E-state index contributed by atoms with van der Waals surface area (Å²) in [5.74, 6) is -1.08. The molecule has 0 bridgehead atoms. The Morgan fingerprint density at radius 2 is 1.24 bits per heavy atom. The number of ether oxygens (including phenoxy) is 1. The van der Waals surface area contributed by atoms with Crippen LogP contribution in [0.2, 0.25) is 0 Å². The number of nitrogens with one attached hydrogen (secondary N) is 3. The van der Waals surface area contributed by atoms with E-state index >= 15 is 0 Å². The van der Waals surface area contributed by atoms with Crippen molar-refractivity contribution in [2.24, 2.45) is 0 Å². The lowest BCUT2D eigenvalue weighted by molar-refractivity contribution is -0.129. The SMILES string of the molecule is CC(C)(C)OC(=O)NC(CC(=O)NC(c1ccccc1)(c1ccccc1)c1ccccc1)C(=O)NCCO. The third-order valence-electron chi connectivity index (χ3n) is 5.76. The van der Waals surface area contributed by atoms with Gasteiger partial charge in [-0.05, 0) is 37.5 Å². The Morgan fingerprint density at radius 3 is 1.63 bits per heavy atom. The van der Waals surface area contributed by atoms with Crippen molar-refractivity contribution in [3.8, 4) is 0 Å². The monoisotopic (exact) mass is 517 g/mol. The Kier molecular flexibility index (Phi) is 9.62. The molecule has 4 N–H and O–H groups in total. The van der Waals surface area contributed by atoms with E-state index in [1.807, 2.05) is 91.0 Å². The van der Waals surface area contributed by atoms with Crippen molar-refractivity contribution in [2.75, 3.05) is 13.2 Å². The van der Waals surface area contributed by atoms with E-state index in [0.29, 0.717) is 0 Å². The fraction of sp³-hybridized carbons (Fsp3) is 0.300. The van der Waals surface area contributed by atoms with Gasteiger partial charge in [0.2, 0.25) is 11.8 Å². The van der Waals surface area contributed by atoms with Gasteiger partial charge in [0, 0.05) is 6.54 Å². The topological polar surface area (TPSA) is 117 Å². The number of carbonyl (C=O) groups is 3. The lowest BCUT2D eigenvalue weighted by Crippen LogP contribution is -2.53. The van der Waals surface area contributed by atoms with Crippen molar-refractivity contribution in [2.45, 2.75) is 44.4 Å². The fourth-order valence-electron chi connectivity index (χ4n) is 4.19. The van der Waals surface area contributed by atoms with Crippen molar-refractivity contribution in [3.63, 3.8) is 0 Å². The summed E-state index contributed by atoms with van der Waals surface area (Å²) in [5, 5.41) is 17.3. The minimum Gasteiger partial charge on any atom is -0.444 e. The van der Waals surface area contributed by atoms with Crippen LogP contribution in [0.3, 0.4) is 0 Å². The van der Waals surface area contributed by atoms with Crippen LogP contribution < -0.4 is 16.0 Å². The van der Waals surface area contributed by atoms with Gasteiger partial charge in [-0.1, -0.05) is 91.0 Å². The first-order valence-corrected chi connectivity index (χ1v) is 12.5. The molecule has 0 aliphatic heterocycles. The van der Waals surface area contributed by atoms with E-state index in [0.717, 1.165) is 16.7 Å². The highest BCUT2D eigenvalue weighted by Crippen LogP contribution is 2.36. The second-order valence-corrected chi connectivity index (χ2v) is 9.81. The predicted octanol–water partition coefficient (Wildman–Crippen LogP) is 3.49. The van der Waals surface area contributed by atoms with Gasteiger partial charge >= 0.3 is 6.09 Å². The van der Waals surface area contributed by atoms with Gasteiger partial charge in [-0.15, -0.1) is 0 Å². The quantitative estimate of drug-likeness (QED) is 0.307. The van der Waals surface area contributed by atoms with Crippen LogP contribution in [0, 0.1) is 0 Å². The van der Waals surface area contributed by atoms with E-state index in [9.17, 15) is 14.4 Å². The zero-order valence-corrected chi connectivity index (χ0v) is 21.9. The van der Waals surface area contributed by atoms with Crippen LogP contribution in [0.25, 0.3) is 0 Å². The number of benzene rings is 3. The first-order valence-electron chi connectivity index (χ1n) is 12.5. The average molecular weight is 518 g/mol. The lowest BCUT2D eigenvalue weighted by Gasteiger charge is -2.37. The molecule has 0 spiro atoms. The Balaban J connectivity index is 2.00. The molecule has 0 aliphatic carbocycles. The summed E-state index contributed by atoms with van der Waals surface area (Å²) < 4.78 is 5.30. The maximum absolute atomic E-state index is 13.7. The Bertz CT molecular complexity index is 1100. The maximum atomic E-state index is 13.7. The van der Waals surface area contributed by atoms with E-state index in [2.05, 4.69) is 16.0 Å². The third-order valence-corrected chi connectivity index (χ3v) is 5.76. The van der Waals surface area contributed by atoms with Crippen LogP contribution in [0.15, 0.2) is 91.0 Å². The highest BCUT2D eigenvalue weighted by Gasteiger charge is 2.39. The summed E-state index contributed by atoms with van der Waals surface area (Å²) in [6, 6.07) is 27.5. The molecule has 38 heavy (non-hydrogen) atoms. The fourth-order valence-corrected chi connectivity index (χ4v) is 4.19. The molecule has 0 heterocycles. The van der Waals surface area contributed by atoms with E-state index in [4.69, 9.17) is 9.84 Å². The normalized spacial score (nSPS) is 12.2. The van der Waals surface area contributed by atoms with Crippen LogP contribution in [0.4, 0.5) is 4.79 Å². The van der Waals surface area contributed by atoms with Gasteiger partial charge in [0.25, 0.3) is 0 Å². The molecule has 0 radical (unpaired) electrons. The number of aliphatic hydroxyl groups excluding tert-OH is 1. The molecule has 0 fully saturated rings. The van der Waals surface area contributed by atoms with E-state index < -0.39 is 35.1 Å². The number of hydrogen-bond donors (Lipinski definition) is 4. The van der Waals surface area contributed by atoms with E-state index in [-0.39, 0.29) is 19.6 Å². The van der Waals surface area contributed by atoms with Crippen LogP contribution in [-0.4, -0.2) is 47.8 Å². The molecule has 0 aromatic heterocycles. The number of rotatable bonds is 10. The molecule has 200 valence electrons. The number of amides is 3. The highest BCUT2D eigenvalue weighted by atomic mass is 16.6. The van der Waals surface area contributed by atoms with Gasteiger partial charge in [-0.2, -0.15) is 0 Å². The van der Waals surface area contributed by atoms with Crippen molar-refractivity contribution in [1.29, 1.82) is 0 Å². The Morgan fingerprint density at radius 1 is 0.789 bits per heavy atom. The molecule has 0 saturated carbocycles. The summed E-state index contributed by atoms with van der Waals surface area (Å²) in [6.07, 6.45) is -1.18. The van der Waals surface area contributed by atoms with Crippen molar-refractivity contribution < 1.29 is 24.2 Å². The number of carbonyl (C=O) groups excluding carboxylic acids is 3. The maximum Gasteiger partial charge on any atom is 0.408 e. The number of hydrogen-bond acceptors (Lipinski definition) is 5. The molecule has 3 aromatic rings. The molecule has 8 heteroatoms. The zero-order chi connectivity index (χ0) is 27.6. The number of alkyl carbamates (subject to hydrolysis) is 1. The average Bonchev–Trinajstić information content (AvgIpc) is 2.90. The molecule has 8 nitrogen and oxygen atoms in total. The van der Waals surface area contributed by atoms with Crippen LogP contribution in [0.1, 0.15) is 43.9 Å². The van der Waals surface area contributed by atoms with Crippen molar-refractivity contribution in [1.82, 2.24) is 16.0 Å². The van der Waals surface area contributed by atoms with Gasteiger partial charge in [-0.25, -0.2) is 4.79 Å². The molecule has 1 atom stereocenters. The summed E-state index contributed by atoms with van der Waals surface area (Å²) in [5.41, 5.74) is 0.617. The molecule has 3 amide bonds. The molecule has 1 unspecified atom stereocenters. The Hall–Kier alpha value is -4.17. The predicted molar refractivity (Wildman–Crippen MR) is 145 cm³/mol. The second kappa shape index (κ2) is 12.9. The summed E-state index contributed by atoms with van der Waals surface area (Å²) >= 11 is 0. The largest absolute Gasteiger partial charge is 0.444 e. The third kappa shape index (κ3) is 7.43. The summed E-state index contributed by atoms with van der Waals surface area (Å²) in [4.78, 5) is 39.0. The minimum absolute atomic E-state index is 0.0189. The van der Waals surface area contributed by atoms with E-state index in [1.165, 1.54) is 0 Å². The van der Waals surface area contributed by atoms with Gasteiger partial charge in [0.1, 0.15) is 17.2 Å². The van der Waals surface area contributed by atoms with E-state index in [1.54, 1.807) is 20.8 Å². The Labute approximate surface area is 223 Å². The van der Waals surface area contributed by atoms with Crippen LogP contribution in [-0.2, 0) is 19.9 Å². The standard InChI is InChI=1S/C30H35N3O5/c1-29(2,3)38-28(37)32-25(27(36)31-19-20-34)21-26(35)33-30(22-13-7-4-8-14-22,23-15-9-5-10-16-23)24-17-11-6-12-18-24/h4-18,25,34H,19-21H2,1-3H3,(H,31,36)(H,32,37)(H,33,35). The molecule has 0 aliphatic rings. The van der Waals surface area contributed by atoms with Crippen LogP contribution in [0.5, 0.6) is 0 Å². The van der Waals surface area contributed by atoms with Gasteiger partial charge in [-0.3, -0.25) is 9.59 Å². The smallest absolute Gasteiger partial charge is 0.408 e. The number of aliphatic hydroxyl groups is 1. The van der Waals surface area contributed by atoms with Gasteiger partial charge in [0.15, 0.2) is 0 Å². The molecular weight excluding hydrogens is 482 g/mol. The lowest BCUT2D eigenvalue weighted by atomic mass is 9.77. The van der Waals surface area contributed by atoms with Gasteiger partial charge < -0.3 is 25.8 Å². The molecule has 3 aromatic carbocycles. The minimum atomic E-state index is -1.23. The molecular formula is C30H35N3O5. The van der Waals surface area contributed by atoms with Gasteiger partial charge in [0.05, 0.1) is 13.0 Å². The van der Waals surface area contributed by atoms with Crippen LogP contribution >= 0.6 is 0 Å². The zero-order valence-electron chi connectivity index (χ0n) is 21.9. The summed E-state index contributed by atoms with van der Waals surface area (Å²) in [6.45, 7) is 4.81. The van der Waals surface area contributed by atoms with Crippen molar-refractivity contribution in [3.05, 3.63) is 108 Å².